The summed E-state index contributed by atoms with van der Waals surface area (Å²) in [7, 11) is 0. The lowest BCUT2D eigenvalue weighted by Crippen LogP contribution is -2.42. The van der Waals surface area contributed by atoms with E-state index in [0.29, 0.717) is 43.1 Å². The minimum atomic E-state index is -0.736. The standard InChI is InChI=1S/C29H36N2O4/c1-19(2)25-4-3-5-26(18-25)30-27(32)22-8-6-20(7-9-22)21-14-16-31(17-15-21)28(33)23-10-12-24(13-11-23)29(34)35/h3-9,18-19,21,23-24H,10-17H2,1-2H3,(H,30,32)(H,34,35). The highest BCUT2D eigenvalue weighted by Crippen LogP contribution is 2.33. The van der Waals surface area contributed by atoms with E-state index in [0.717, 1.165) is 31.6 Å². The number of hydrogen-bond acceptors (Lipinski definition) is 3. The number of amides is 2. The maximum atomic E-state index is 12.9. The topological polar surface area (TPSA) is 86.7 Å². The molecule has 0 bridgehead atoms. The summed E-state index contributed by atoms with van der Waals surface area (Å²) in [6.07, 6.45) is 4.38. The zero-order valence-corrected chi connectivity index (χ0v) is 20.7. The molecule has 1 aliphatic heterocycles. The summed E-state index contributed by atoms with van der Waals surface area (Å²) >= 11 is 0. The number of hydrogen-bond donors (Lipinski definition) is 2. The normalized spacial score (nSPS) is 21.1. The molecule has 2 N–H and O–H groups in total. The van der Waals surface area contributed by atoms with Gasteiger partial charge in [-0.15, -0.1) is 0 Å². The number of aliphatic carboxylic acids is 1. The molecule has 1 heterocycles. The van der Waals surface area contributed by atoms with Gasteiger partial charge in [0.2, 0.25) is 5.91 Å². The van der Waals surface area contributed by atoms with Crippen molar-refractivity contribution in [3.05, 3.63) is 65.2 Å². The number of rotatable bonds is 6. The third-order valence-corrected chi connectivity index (χ3v) is 7.69. The number of benzene rings is 2. The molecule has 6 heteroatoms. The molecule has 0 radical (unpaired) electrons. The van der Waals surface area contributed by atoms with Gasteiger partial charge in [-0.25, -0.2) is 0 Å². The van der Waals surface area contributed by atoms with E-state index in [1.807, 2.05) is 47.4 Å². The first-order valence-corrected chi connectivity index (χ1v) is 12.8. The van der Waals surface area contributed by atoms with Crippen LogP contribution in [0.3, 0.4) is 0 Å². The van der Waals surface area contributed by atoms with E-state index in [4.69, 9.17) is 0 Å². The maximum Gasteiger partial charge on any atom is 0.306 e. The second-order valence-electron chi connectivity index (χ2n) is 10.3. The van der Waals surface area contributed by atoms with E-state index in [1.165, 1.54) is 11.1 Å². The van der Waals surface area contributed by atoms with Crippen LogP contribution < -0.4 is 5.32 Å². The van der Waals surface area contributed by atoms with Crippen molar-refractivity contribution in [2.75, 3.05) is 18.4 Å². The van der Waals surface area contributed by atoms with Crippen LogP contribution in [0.4, 0.5) is 5.69 Å². The van der Waals surface area contributed by atoms with Crippen molar-refractivity contribution >= 4 is 23.5 Å². The van der Waals surface area contributed by atoms with Crippen LogP contribution >= 0.6 is 0 Å². The quantitative estimate of drug-likeness (QED) is 0.563. The number of nitrogens with one attached hydrogen (secondary N) is 1. The largest absolute Gasteiger partial charge is 0.481 e. The summed E-state index contributed by atoms with van der Waals surface area (Å²) in [5, 5.41) is 12.2. The van der Waals surface area contributed by atoms with Crippen LogP contribution in [0.5, 0.6) is 0 Å². The lowest BCUT2D eigenvalue weighted by Gasteiger charge is -2.36. The van der Waals surface area contributed by atoms with Crippen LogP contribution in [-0.2, 0) is 9.59 Å². The van der Waals surface area contributed by atoms with Crippen molar-refractivity contribution in [3.63, 3.8) is 0 Å². The van der Waals surface area contributed by atoms with Crippen LogP contribution in [0, 0.1) is 11.8 Å². The van der Waals surface area contributed by atoms with Crippen LogP contribution in [0.1, 0.15) is 85.7 Å². The Morgan fingerprint density at radius 1 is 0.886 bits per heavy atom. The molecule has 0 spiro atoms. The van der Waals surface area contributed by atoms with Gasteiger partial charge < -0.3 is 15.3 Å². The number of carboxylic acids is 1. The highest BCUT2D eigenvalue weighted by Gasteiger charge is 2.33. The molecule has 1 saturated carbocycles. The fourth-order valence-electron chi connectivity index (χ4n) is 5.36. The van der Waals surface area contributed by atoms with Crippen molar-refractivity contribution in [3.8, 4) is 0 Å². The van der Waals surface area contributed by atoms with Gasteiger partial charge in [0.15, 0.2) is 0 Å². The van der Waals surface area contributed by atoms with E-state index in [1.54, 1.807) is 0 Å². The number of anilines is 1. The first kappa shape index (κ1) is 25.0. The van der Waals surface area contributed by atoms with E-state index in [9.17, 15) is 19.5 Å². The predicted octanol–water partition coefficient (Wildman–Crippen LogP) is 5.66. The van der Waals surface area contributed by atoms with Gasteiger partial charge in [-0.05, 0) is 85.8 Å². The summed E-state index contributed by atoms with van der Waals surface area (Å²) in [6, 6.07) is 15.8. The summed E-state index contributed by atoms with van der Waals surface area (Å²) in [4.78, 5) is 38.8. The van der Waals surface area contributed by atoms with Crippen molar-refractivity contribution < 1.29 is 19.5 Å². The number of likely N-dealkylation sites (tertiary alicyclic amines) is 1. The van der Waals surface area contributed by atoms with Crippen LogP contribution in [0.2, 0.25) is 0 Å². The molecule has 4 rings (SSSR count). The monoisotopic (exact) mass is 476 g/mol. The van der Waals surface area contributed by atoms with Crippen molar-refractivity contribution in [1.82, 2.24) is 4.90 Å². The lowest BCUT2D eigenvalue weighted by atomic mass is 9.81. The zero-order chi connectivity index (χ0) is 24.9. The molecule has 2 aliphatic rings. The molecule has 1 saturated heterocycles. The second-order valence-corrected chi connectivity index (χ2v) is 10.3. The average molecular weight is 477 g/mol. The molecule has 6 nitrogen and oxygen atoms in total. The van der Waals surface area contributed by atoms with Crippen LogP contribution in [-0.4, -0.2) is 40.9 Å². The summed E-state index contributed by atoms with van der Waals surface area (Å²) in [5.41, 5.74) is 3.83. The number of piperidine rings is 1. The molecule has 0 unspecified atom stereocenters. The third-order valence-electron chi connectivity index (χ3n) is 7.69. The molecule has 0 aromatic heterocycles. The van der Waals surface area contributed by atoms with Gasteiger partial charge >= 0.3 is 5.97 Å². The first-order valence-electron chi connectivity index (χ1n) is 12.8. The Morgan fingerprint density at radius 3 is 2.11 bits per heavy atom. The van der Waals surface area contributed by atoms with Gasteiger partial charge in [0.25, 0.3) is 5.91 Å². The number of carboxylic acid groups (broad SMARTS) is 1. The Morgan fingerprint density at radius 2 is 1.51 bits per heavy atom. The van der Waals surface area contributed by atoms with E-state index < -0.39 is 5.97 Å². The Bertz CT molecular complexity index is 1050. The van der Waals surface area contributed by atoms with Crippen LogP contribution in [0.15, 0.2) is 48.5 Å². The SMILES string of the molecule is CC(C)c1cccc(NC(=O)c2ccc(C3CCN(C(=O)C4CCC(C(=O)O)CC4)CC3)cc2)c1. The maximum absolute atomic E-state index is 12.9. The fourth-order valence-corrected chi connectivity index (χ4v) is 5.36. The van der Waals surface area contributed by atoms with E-state index >= 15 is 0 Å². The Kier molecular flexibility index (Phi) is 7.89. The smallest absolute Gasteiger partial charge is 0.306 e. The molecular weight excluding hydrogens is 440 g/mol. The van der Waals surface area contributed by atoms with E-state index in [-0.39, 0.29) is 23.7 Å². The lowest BCUT2D eigenvalue weighted by molar-refractivity contribution is -0.146. The van der Waals surface area contributed by atoms with E-state index in [2.05, 4.69) is 25.2 Å². The molecule has 35 heavy (non-hydrogen) atoms. The van der Waals surface area contributed by atoms with Gasteiger partial charge in [0.1, 0.15) is 0 Å². The van der Waals surface area contributed by atoms with Gasteiger partial charge in [-0.2, -0.15) is 0 Å². The molecule has 2 fully saturated rings. The molecule has 0 atom stereocenters. The minimum absolute atomic E-state index is 0.0267. The van der Waals surface area contributed by atoms with Gasteiger partial charge in [-0.3, -0.25) is 14.4 Å². The van der Waals surface area contributed by atoms with Gasteiger partial charge in [0.05, 0.1) is 5.92 Å². The number of carbonyl (C=O) groups excluding carboxylic acids is 2. The summed E-state index contributed by atoms with van der Waals surface area (Å²) in [5.74, 6) is -0.195. The highest BCUT2D eigenvalue weighted by atomic mass is 16.4. The number of nitrogens with zero attached hydrogens (tertiary/aromatic N) is 1. The van der Waals surface area contributed by atoms with Gasteiger partial charge in [0, 0.05) is 30.3 Å². The highest BCUT2D eigenvalue weighted by molar-refractivity contribution is 6.04. The predicted molar refractivity (Wildman–Crippen MR) is 137 cm³/mol. The van der Waals surface area contributed by atoms with Gasteiger partial charge in [-0.1, -0.05) is 38.1 Å². The summed E-state index contributed by atoms with van der Waals surface area (Å²) in [6.45, 7) is 5.73. The Hall–Kier alpha value is -3.15. The average Bonchev–Trinajstić information content (AvgIpc) is 2.88. The van der Waals surface area contributed by atoms with Crippen molar-refractivity contribution in [2.45, 2.75) is 64.2 Å². The molecule has 186 valence electrons. The Labute approximate surface area is 207 Å². The second kappa shape index (κ2) is 11.1. The van der Waals surface area contributed by atoms with Crippen LogP contribution in [0.25, 0.3) is 0 Å². The molecule has 2 aromatic carbocycles. The molecular formula is C29H36N2O4. The molecule has 1 aliphatic carbocycles. The summed E-state index contributed by atoms with van der Waals surface area (Å²) < 4.78 is 0. The zero-order valence-electron chi connectivity index (χ0n) is 20.7. The number of carbonyl (C=O) groups is 3. The fraction of sp³-hybridized carbons (Fsp3) is 0.483. The molecule has 2 amide bonds. The molecule has 2 aromatic rings. The minimum Gasteiger partial charge on any atom is -0.481 e. The van der Waals surface area contributed by atoms with Crippen molar-refractivity contribution in [2.24, 2.45) is 11.8 Å². The van der Waals surface area contributed by atoms with Crippen molar-refractivity contribution in [1.29, 1.82) is 0 Å². The Balaban J connectivity index is 1.28. The first-order chi connectivity index (χ1) is 16.8. The third kappa shape index (κ3) is 6.11.